The molecule has 4 nitrogen and oxygen atoms in total. The molecule has 1 aromatic rings. The lowest BCUT2D eigenvalue weighted by Gasteiger charge is -2.10. The highest BCUT2D eigenvalue weighted by Crippen LogP contribution is 2.08. The summed E-state index contributed by atoms with van der Waals surface area (Å²) in [6, 6.07) is 7.15. The first-order valence-corrected chi connectivity index (χ1v) is 6.55. The maximum Gasteiger partial charge on any atom is 0.251 e. The molecule has 1 aromatic carbocycles. The molecule has 0 heterocycles. The number of carbonyl (C=O) groups excluding carboxylic acids is 1. The van der Waals surface area contributed by atoms with Crippen LogP contribution in [0.5, 0.6) is 0 Å². The van der Waals surface area contributed by atoms with Crippen molar-refractivity contribution in [1.29, 1.82) is 0 Å². The minimum absolute atomic E-state index is 0.0651. The topological polar surface area (TPSA) is 75.3 Å². The van der Waals surface area contributed by atoms with E-state index in [9.17, 15) is 4.79 Å². The molecule has 0 saturated carbocycles. The molecule has 1 amide bonds. The normalized spacial score (nSPS) is 12.6. The molecule has 0 fully saturated rings. The largest absolute Gasteiger partial charge is 0.394 e. The van der Waals surface area contributed by atoms with Crippen molar-refractivity contribution < 1.29 is 9.90 Å². The Morgan fingerprint density at radius 2 is 2.32 bits per heavy atom. The summed E-state index contributed by atoms with van der Waals surface area (Å²) in [5.74, 6) is -0.168. The van der Waals surface area contributed by atoms with Crippen LogP contribution in [0.15, 0.2) is 30.3 Å². The molecule has 4 heteroatoms. The smallest absolute Gasteiger partial charge is 0.251 e. The Morgan fingerprint density at radius 3 is 3.00 bits per heavy atom. The lowest BCUT2D eigenvalue weighted by molar-refractivity contribution is 0.0922. The van der Waals surface area contributed by atoms with E-state index in [4.69, 9.17) is 10.8 Å². The summed E-state index contributed by atoms with van der Waals surface area (Å²) >= 11 is 0. The van der Waals surface area contributed by atoms with E-state index >= 15 is 0 Å². The van der Waals surface area contributed by atoms with Crippen molar-refractivity contribution in [2.24, 2.45) is 5.73 Å². The third-order valence-electron chi connectivity index (χ3n) is 2.69. The average molecular weight is 262 g/mol. The fraction of sp³-hybridized carbons (Fsp3) is 0.400. The number of allylic oxidation sites excluding steroid dienone is 1. The van der Waals surface area contributed by atoms with E-state index in [1.165, 1.54) is 0 Å². The first kappa shape index (κ1) is 15.4. The highest BCUT2D eigenvalue weighted by atomic mass is 16.3. The quantitative estimate of drug-likeness (QED) is 0.653. The van der Waals surface area contributed by atoms with Gasteiger partial charge in [0.05, 0.1) is 6.61 Å². The van der Waals surface area contributed by atoms with Gasteiger partial charge in [0.1, 0.15) is 0 Å². The number of unbranched alkanes of at least 4 members (excludes halogenated alkanes) is 1. The molecular formula is C15H22N2O2. The second-order valence-corrected chi connectivity index (χ2v) is 4.52. The van der Waals surface area contributed by atoms with Crippen molar-refractivity contribution in [3.8, 4) is 0 Å². The number of rotatable bonds is 7. The molecule has 0 bridgehead atoms. The molecule has 0 aliphatic rings. The van der Waals surface area contributed by atoms with E-state index in [-0.39, 0.29) is 18.6 Å². The molecule has 0 aliphatic heterocycles. The van der Waals surface area contributed by atoms with Crippen molar-refractivity contribution in [1.82, 2.24) is 5.32 Å². The van der Waals surface area contributed by atoms with E-state index in [0.717, 1.165) is 18.4 Å². The van der Waals surface area contributed by atoms with Crippen LogP contribution in [-0.2, 0) is 0 Å². The van der Waals surface area contributed by atoms with E-state index in [2.05, 4.69) is 11.4 Å². The highest BCUT2D eigenvalue weighted by Gasteiger charge is 2.08. The third kappa shape index (κ3) is 5.68. The Balaban J connectivity index is 2.66. The monoisotopic (exact) mass is 262 g/mol. The van der Waals surface area contributed by atoms with Crippen LogP contribution in [0.4, 0.5) is 0 Å². The van der Waals surface area contributed by atoms with E-state index in [0.29, 0.717) is 12.1 Å². The van der Waals surface area contributed by atoms with Crippen molar-refractivity contribution >= 4 is 12.0 Å². The first-order chi connectivity index (χ1) is 9.17. The second kappa shape index (κ2) is 8.45. The molecule has 0 saturated heterocycles. The van der Waals surface area contributed by atoms with Gasteiger partial charge in [-0.15, -0.1) is 0 Å². The lowest BCUT2D eigenvalue weighted by Crippen LogP contribution is -2.34. The molecule has 1 rings (SSSR count). The molecule has 4 N–H and O–H groups in total. The number of hydrogen-bond donors (Lipinski definition) is 3. The van der Waals surface area contributed by atoms with Crippen LogP contribution in [0.2, 0.25) is 0 Å². The maximum absolute atomic E-state index is 11.9. The Bertz CT molecular complexity index is 430. The molecule has 0 radical (unpaired) electrons. The van der Waals surface area contributed by atoms with Gasteiger partial charge in [-0.3, -0.25) is 4.79 Å². The number of amides is 1. The van der Waals surface area contributed by atoms with Crippen molar-refractivity contribution in [2.75, 3.05) is 13.2 Å². The van der Waals surface area contributed by atoms with Gasteiger partial charge in [0.15, 0.2) is 0 Å². The zero-order valence-corrected chi connectivity index (χ0v) is 11.3. The molecule has 0 spiro atoms. The third-order valence-corrected chi connectivity index (χ3v) is 2.69. The summed E-state index contributed by atoms with van der Waals surface area (Å²) in [7, 11) is 0. The second-order valence-electron chi connectivity index (χ2n) is 4.52. The summed E-state index contributed by atoms with van der Waals surface area (Å²) in [4.78, 5) is 11.9. The Labute approximate surface area is 114 Å². The van der Waals surface area contributed by atoms with Gasteiger partial charge in [-0.1, -0.05) is 24.3 Å². The minimum atomic E-state index is -0.240. The average Bonchev–Trinajstić information content (AvgIpc) is 2.43. The molecule has 0 aromatic heterocycles. The predicted octanol–water partition coefficient (Wildman–Crippen LogP) is 1.55. The molecule has 19 heavy (non-hydrogen) atoms. The molecule has 0 aliphatic carbocycles. The predicted molar refractivity (Wildman–Crippen MR) is 77.8 cm³/mol. The van der Waals surface area contributed by atoms with Gasteiger partial charge in [0, 0.05) is 11.6 Å². The van der Waals surface area contributed by atoms with Gasteiger partial charge < -0.3 is 16.2 Å². The summed E-state index contributed by atoms with van der Waals surface area (Å²) < 4.78 is 0. The van der Waals surface area contributed by atoms with Gasteiger partial charge in [0.2, 0.25) is 0 Å². The number of nitrogens with one attached hydrogen (secondary N) is 1. The van der Waals surface area contributed by atoms with Crippen molar-refractivity contribution in [3.05, 3.63) is 41.5 Å². The standard InChI is InChI=1S/C15H22N2O2/c1-12(11-18)17-15(19)14-8-5-7-13(10-14)6-3-2-4-9-16/h3,5-8,10,12,18H,2,4,9,11,16H2,1H3,(H,17,19)/b6-3-. The Kier molecular flexibility index (Phi) is 6.85. The van der Waals surface area contributed by atoms with Gasteiger partial charge >= 0.3 is 0 Å². The first-order valence-electron chi connectivity index (χ1n) is 6.55. The summed E-state index contributed by atoms with van der Waals surface area (Å²) in [5, 5.41) is 11.6. The molecule has 104 valence electrons. The maximum atomic E-state index is 11.9. The van der Waals surface area contributed by atoms with E-state index in [1.807, 2.05) is 24.3 Å². The van der Waals surface area contributed by atoms with Crippen LogP contribution in [0.1, 0.15) is 35.7 Å². The Hall–Kier alpha value is -1.65. The summed E-state index contributed by atoms with van der Waals surface area (Å²) in [5.41, 5.74) is 7.01. The summed E-state index contributed by atoms with van der Waals surface area (Å²) in [6.07, 6.45) is 5.95. The number of hydrogen-bond acceptors (Lipinski definition) is 3. The fourth-order valence-electron chi connectivity index (χ4n) is 1.59. The Morgan fingerprint density at radius 1 is 1.53 bits per heavy atom. The zero-order valence-electron chi connectivity index (χ0n) is 11.3. The molecule has 1 atom stereocenters. The fourth-order valence-corrected chi connectivity index (χ4v) is 1.59. The van der Waals surface area contributed by atoms with Crippen molar-refractivity contribution in [2.45, 2.75) is 25.8 Å². The number of carbonyl (C=O) groups is 1. The number of nitrogens with two attached hydrogens (primary N) is 1. The van der Waals surface area contributed by atoms with Crippen LogP contribution < -0.4 is 11.1 Å². The van der Waals surface area contributed by atoms with Crippen LogP contribution in [0, 0.1) is 0 Å². The number of aliphatic hydroxyl groups excluding tert-OH is 1. The van der Waals surface area contributed by atoms with Crippen LogP contribution >= 0.6 is 0 Å². The van der Waals surface area contributed by atoms with Crippen LogP contribution in [0.3, 0.4) is 0 Å². The van der Waals surface area contributed by atoms with Crippen LogP contribution in [0.25, 0.3) is 6.08 Å². The van der Waals surface area contributed by atoms with E-state index < -0.39 is 0 Å². The number of benzene rings is 1. The highest BCUT2D eigenvalue weighted by molar-refractivity contribution is 5.94. The molecular weight excluding hydrogens is 240 g/mol. The molecule has 1 unspecified atom stereocenters. The lowest BCUT2D eigenvalue weighted by atomic mass is 10.1. The van der Waals surface area contributed by atoms with Gasteiger partial charge in [-0.2, -0.15) is 0 Å². The van der Waals surface area contributed by atoms with E-state index in [1.54, 1.807) is 13.0 Å². The van der Waals surface area contributed by atoms with Gasteiger partial charge in [-0.25, -0.2) is 0 Å². The van der Waals surface area contributed by atoms with Crippen LogP contribution in [-0.4, -0.2) is 30.2 Å². The van der Waals surface area contributed by atoms with Crippen molar-refractivity contribution in [3.63, 3.8) is 0 Å². The number of aliphatic hydroxyl groups is 1. The SMILES string of the molecule is CC(CO)NC(=O)c1cccc(/C=C\CCCN)c1. The minimum Gasteiger partial charge on any atom is -0.394 e. The van der Waals surface area contributed by atoms with Gasteiger partial charge in [-0.05, 0) is 44.0 Å². The zero-order chi connectivity index (χ0) is 14.1. The summed E-state index contributed by atoms with van der Waals surface area (Å²) in [6.45, 7) is 2.38. The van der Waals surface area contributed by atoms with Gasteiger partial charge in [0.25, 0.3) is 5.91 Å².